The number of methoxy groups -OCH3 is 1. The van der Waals surface area contributed by atoms with E-state index in [0.717, 1.165) is 0 Å². The first kappa shape index (κ1) is 11.2. The molecule has 0 aliphatic heterocycles. The highest BCUT2D eigenvalue weighted by Gasteiger charge is 2.06. The Bertz CT molecular complexity index is 309. The lowest BCUT2D eigenvalue weighted by molar-refractivity contribution is 0.281. The second kappa shape index (κ2) is 5.11. The smallest absolute Gasteiger partial charge is 0.232 e. The van der Waals surface area contributed by atoms with Crippen LogP contribution in [-0.2, 0) is 0 Å². The van der Waals surface area contributed by atoms with E-state index < -0.39 is 0 Å². The average Bonchev–Trinajstić information content (AvgIpc) is 2.20. The number of nitrogens with one attached hydrogen (secondary N) is 1. The number of hydrogen-bond acceptors (Lipinski definition) is 5. The van der Waals surface area contributed by atoms with Crippen LogP contribution < -0.4 is 10.1 Å². The zero-order valence-corrected chi connectivity index (χ0v) is 9.58. The SMILES string of the molecule is COc1nc(NC(C)CO)ncc1Br. The molecular formula is C8H12BrN3O2. The van der Waals surface area contributed by atoms with Gasteiger partial charge in [0.1, 0.15) is 0 Å². The second-order valence-corrected chi connectivity index (χ2v) is 3.63. The number of aliphatic hydroxyl groups excluding tert-OH is 1. The molecule has 0 amide bonds. The van der Waals surface area contributed by atoms with E-state index in [1.165, 1.54) is 7.11 Å². The van der Waals surface area contributed by atoms with Crippen LogP contribution in [0.1, 0.15) is 6.92 Å². The fourth-order valence-electron chi connectivity index (χ4n) is 0.830. The molecule has 1 heterocycles. The van der Waals surface area contributed by atoms with Crippen molar-refractivity contribution in [2.24, 2.45) is 0 Å². The van der Waals surface area contributed by atoms with Gasteiger partial charge >= 0.3 is 0 Å². The minimum atomic E-state index is -0.0825. The Hall–Kier alpha value is -0.880. The van der Waals surface area contributed by atoms with Gasteiger partial charge in [-0.1, -0.05) is 0 Å². The molecule has 0 saturated heterocycles. The van der Waals surface area contributed by atoms with Crippen LogP contribution >= 0.6 is 15.9 Å². The van der Waals surface area contributed by atoms with Crippen LogP contribution in [0.15, 0.2) is 10.7 Å². The van der Waals surface area contributed by atoms with Gasteiger partial charge in [-0.25, -0.2) is 4.98 Å². The van der Waals surface area contributed by atoms with E-state index in [2.05, 4.69) is 31.2 Å². The van der Waals surface area contributed by atoms with Gasteiger partial charge in [-0.2, -0.15) is 4.98 Å². The normalized spacial score (nSPS) is 12.3. The highest BCUT2D eigenvalue weighted by molar-refractivity contribution is 9.10. The Labute approximate surface area is 90.7 Å². The Morgan fingerprint density at radius 1 is 1.71 bits per heavy atom. The minimum Gasteiger partial charge on any atom is -0.480 e. The molecule has 0 fully saturated rings. The van der Waals surface area contributed by atoms with Gasteiger partial charge in [0.15, 0.2) is 0 Å². The molecule has 5 nitrogen and oxygen atoms in total. The average molecular weight is 262 g/mol. The van der Waals surface area contributed by atoms with Crippen molar-refractivity contribution in [1.29, 1.82) is 0 Å². The fraction of sp³-hybridized carbons (Fsp3) is 0.500. The summed E-state index contributed by atoms with van der Waals surface area (Å²) in [5.74, 6) is 0.902. The molecule has 0 spiro atoms. The van der Waals surface area contributed by atoms with E-state index in [-0.39, 0.29) is 12.6 Å². The lowest BCUT2D eigenvalue weighted by Crippen LogP contribution is -2.20. The molecular weight excluding hydrogens is 250 g/mol. The van der Waals surface area contributed by atoms with Crippen molar-refractivity contribution in [1.82, 2.24) is 9.97 Å². The maximum atomic E-state index is 8.82. The lowest BCUT2D eigenvalue weighted by atomic mass is 10.4. The zero-order valence-electron chi connectivity index (χ0n) is 7.99. The monoisotopic (exact) mass is 261 g/mol. The summed E-state index contributed by atoms with van der Waals surface area (Å²) in [4.78, 5) is 8.09. The summed E-state index contributed by atoms with van der Waals surface area (Å²) in [6.07, 6.45) is 1.60. The molecule has 0 saturated carbocycles. The summed E-state index contributed by atoms with van der Waals surface area (Å²) >= 11 is 3.25. The van der Waals surface area contributed by atoms with Gasteiger partial charge in [0.2, 0.25) is 11.8 Å². The lowest BCUT2D eigenvalue weighted by Gasteiger charge is -2.11. The molecule has 14 heavy (non-hydrogen) atoms. The van der Waals surface area contributed by atoms with Crippen molar-refractivity contribution >= 4 is 21.9 Å². The maximum Gasteiger partial charge on any atom is 0.232 e. The van der Waals surface area contributed by atoms with Crippen molar-refractivity contribution in [2.45, 2.75) is 13.0 Å². The van der Waals surface area contributed by atoms with Crippen LogP contribution in [0, 0.1) is 0 Å². The van der Waals surface area contributed by atoms with Crippen LogP contribution in [0.2, 0.25) is 0 Å². The van der Waals surface area contributed by atoms with Gasteiger partial charge in [0.25, 0.3) is 0 Å². The quantitative estimate of drug-likeness (QED) is 0.848. The van der Waals surface area contributed by atoms with Crippen molar-refractivity contribution < 1.29 is 9.84 Å². The molecule has 0 aliphatic carbocycles. The molecule has 0 aliphatic rings. The highest BCUT2D eigenvalue weighted by Crippen LogP contribution is 2.21. The van der Waals surface area contributed by atoms with Gasteiger partial charge in [0, 0.05) is 6.04 Å². The predicted octanol–water partition coefficient (Wildman–Crippen LogP) is 1.04. The molecule has 6 heteroatoms. The number of ether oxygens (including phenoxy) is 1. The van der Waals surface area contributed by atoms with Gasteiger partial charge in [0.05, 0.1) is 24.4 Å². The first-order chi connectivity index (χ1) is 6.67. The minimum absolute atomic E-state index is 0.0295. The van der Waals surface area contributed by atoms with Crippen molar-refractivity contribution in [3.63, 3.8) is 0 Å². The number of anilines is 1. The Morgan fingerprint density at radius 2 is 2.43 bits per heavy atom. The van der Waals surface area contributed by atoms with Crippen molar-refractivity contribution in [3.05, 3.63) is 10.7 Å². The zero-order chi connectivity index (χ0) is 10.6. The molecule has 0 aromatic carbocycles. The van der Waals surface area contributed by atoms with Crippen LogP contribution in [0.4, 0.5) is 5.95 Å². The van der Waals surface area contributed by atoms with Crippen LogP contribution in [0.5, 0.6) is 5.88 Å². The number of nitrogens with zero attached hydrogens (tertiary/aromatic N) is 2. The van der Waals surface area contributed by atoms with Crippen LogP contribution in [-0.4, -0.2) is 34.8 Å². The third-order valence-corrected chi connectivity index (χ3v) is 2.10. The molecule has 0 radical (unpaired) electrons. The summed E-state index contributed by atoms with van der Waals surface area (Å²) in [7, 11) is 1.53. The molecule has 1 atom stereocenters. The third-order valence-electron chi connectivity index (χ3n) is 1.55. The highest BCUT2D eigenvalue weighted by atomic mass is 79.9. The molecule has 2 N–H and O–H groups in total. The second-order valence-electron chi connectivity index (χ2n) is 2.78. The van der Waals surface area contributed by atoms with E-state index in [1.807, 2.05) is 6.92 Å². The number of aromatic nitrogens is 2. The summed E-state index contributed by atoms with van der Waals surface area (Å²) in [5, 5.41) is 11.7. The number of rotatable bonds is 4. The Kier molecular flexibility index (Phi) is 4.09. The maximum absolute atomic E-state index is 8.82. The molecule has 1 aromatic rings. The largest absolute Gasteiger partial charge is 0.480 e. The van der Waals surface area contributed by atoms with Crippen molar-refractivity contribution in [2.75, 3.05) is 19.0 Å². The van der Waals surface area contributed by atoms with E-state index in [1.54, 1.807) is 6.20 Å². The van der Waals surface area contributed by atoms with E-state index >= 15 is 0 Å². The first-order valence-electron chi connectivity index (χ1n) is 4.11. The summed E-state index contributed by atoms with van der Waals surface area (Å²) in [6, 6.07) is -0.0825. The molecule has 1 unspecified atom stereocenters. The fourth-order valence-corrected chi connectivity index (χ4v) is 1.18. The standard InChI is InChI=1S/C8H12BrN3O2/c1-5(4-13)11-8-10-3-6(9)7(12-8)14-2/h3,5,13H,4H2,1-2H3,(H,10,11,12). The molecule has 78 valence electrons. The molecule has 0 bridgehead atoms. The van der Waals surface area contributed by atoms with Crippen molar-refractivity contribution in [3.8, 4) is 5.88 Å². The van der Waals surface area contributed by atoms with Gasteiger partial charge in [-0.3, -0.25) is 0 Å². The van der Waals surface area contributed by atoms with Crippen LogP contribution in [0.3, 0.4) is 0 Å². The predicted molar refractivity (Wildman–Crippen MR) is 56.5 cm³/mol. The number of aliphatic hydroxyl groups is 1. The van der Waals surface area contributed by atoms with Crippen LogP contribution in [0.25, 0.3) is 0 Å². The topological polar surface area (TPSA) is 67.3 Å². The van der Waals surface area contributed by atoms with E-state index in [4.69, 9.17) is 9.84 Å². The third kappa shape index (κ3) is 2.81. The molecule has 1 aromatic heterocycles. The van der Waals surface area contributed by atoms with Gasteiger partial charge in [-0.05, 0) is 22.9 Å². The van der Waals surface area contributed by atoms with E-state index in [0.29, 0.717) is 16.3 Å². The van der Waals surface area contributed by atoms with Gasteiger partial charge < -0.3 is 15.2 Å². The summed E-state index contributed by atoms with van der Waals surface area (Å²) in [6.45, 7) is 1.86. The summed E-state index contributed by atoms with van der Waals surface area (Å²) in [5.41, 5.74) is 0. The van der Waals surface area contributed by atoms with E-state index in [9.17, 15) is 0 Å². The number of hydrogen-bond donors (Lipinski definition) is 2. The first-order valence-corrected chi connectivity index (χ1v) is 4.90. The number of halogens is 1. The van der Waals surface area contributed by atoms with Gasteiger partial charge in [-0.15, -0.1) is 0 Å². The Balaban J connectivity index is 2.79. The Morgan fingerprint density at radius 3 is 3.00 bits per heavy atom. The molecule has 1 rings (SSSR count). The summed E-state index contributed by atoms with van der Waals surface area (Å²) < 4.78 is 5.70.